The van der Waals surface area contributed by atoms with Gasteiger partial charge in [0.05, 0.1) is 13.4 Å². The Morgan fingerprint density at radius 1 is 1.28 bits per heavy atom. The minimum Gasteiger partial charge on any atom is -0.497 e. The van der Waals surface area contributed by atoms with Gasteiger partial charge in [0.1, 0.15) is 17.3 Å². The van der Waals surface area contributed by atoms with Crippen molar-refractivity contribution >= 4 is 15.9 Å². The molecule has 29 heavy (non-hydrogen) atoms. The summed E-state index contributed by atoms with van der Waals surface area (Å²) < 4.78 is 32.3. The molecule has 3 rings (SSSR count). The minimum absolute atomic E-state index is 0.139. The largest absolute Gasteiger partial charge is 0.497 e. The number of sulfonamides is 1. The molecular formula is C20H28N4O4S. The molecule has 1 fully saturated rings. The molecule has 1 aromatic heterocycles. The molecule has 1 N–H and O–H groups in total. The van der Waals surface area contributed by atoms with Gasteiger partial charge < -0.3 is 14.6 Å². The zero-order valence-electron chi connectivity index (χ0n) is 17.3. The molecule has 0 atom stereocenters. The van der Waals surface area contributed by atoms with E-state index in [-0.39, 0.29) is 11.9 Å². The third-order valence-corrected chi connectivity index (χ3v) is 6.69. The average Bonchev–Trinajstić information content (AvgIpc) is 3.00. The maximum Gasteiger partial charge on any atom is 0.272 e. The lowest BCUT2D eigenvalue weighted by molar-refractivity contribution is 0.0945. The number of hydrogen-bond acceptors (Lipinski definition) is 5. The Morgan fingerprint density at radius 3 is 2.59 bits per heavy atom. The highest BCUT2D eigenvalue weighted by Gasteiger charge is 2.29. The van der Waals surface area contributed by atoms with Crippen molar-refractivity contribution in [3.8, 4) is 5.75 Å². The van der Waals surface area contributed by atoms with Gasteiger partial charge in [0, 0.05) is 31.4 Å². The molecule has 0 radical (unpaired) electrons. The molecule has 1 amide bonds. The number of benzene rings is 1. The number of nitrogens with zero attached hydrogens (tertiary/aromatic N) is 3. The van der Waals surface area contributed by atoms with E-state index in [1.54, 1.807) is 7.11 Å². The van der Waals surface area contributed by atoms with Crippen LogP contribution in [0.5, 0.6) is 5.75 Å². The second kappa shape index (κ2) is 8.54. The van der Waals surface area contributed by atoms with E-state index in [2.05, 4.69) is 14.9 Å². The molecule has 2 heterocycles. The van der Waals surface area contributed by atoms with Crippen LogP contribution in [0.4, 0.5) is 0 Å². The summed E-state index contributed by atoms with van der Waals surface area (Å²) >= 11 is 0. The van der Waals surface area contributed by atoms with Crippen LogP contribution in [0.2, 0.25) is 0 Å². The van der Waals surface area contributed by atoms with Gasteiger partial charge in [-0.2, -0.15) is 0 Å². The summed E-state index contributed by atoms with van der Waals surface area (Å²) in [7, 11) is -1.56. The Hall–Kier alpha value is -2.39. The number of aromatic nitrogens is 2. The highest BCUT2D eigenvalue weighted by molar-refractivity contribution is 7.88. The van der Waals surface area contributed by atoms with Crippen molar-refractivity contribution in [3.63, 3.8) is 0 Å². The average molecular weight is 421 g/mol. The van der Waals surface area contributed by atoms with Crippen LogP contribution in [0, 0.1) is 13.8 Å². The van der Waals surface area contributed by atoms with Crippen LogP contribution in [0.3, 0.4) is 0 Å². The number of carbonyl (C=O) groups is 1. The molecule has 1 saturated heterocycles. The molecule has 8 nitrogen and oxygen atoms in total. The van der Waals surface area contributed by atoms with E-state index in [1.807, 2.05) is 38.1 Å². The Labute approximate surface area is 171 Å². The van der Waals surface area contributed by atoms with Gasteiger partial charge in [-0.15, -0.1) is 0 Å². The van der Waals surface area contributed by atoms with E-state index in [4.69, 9.17) is 4.74 Å². The summed E-state index contributed by atoms with van der Waals surface area (Å²) in [5.74, 6) is 1.29. The Morgan fingerprint density at radius 2 is 1.97 bits per heavy atom. The summed E-state index contributed by atoms with van der Waals surface area (Å²) in [6.45, 7) is 5.13. The molecule has 0 bridgehead atoms. The van der Waals surface area contributed by atoms with Gasteiger partial charge in [-0.25, -0.2) is 17.7 Å². The second-order valence-electron chi connectivity index (χ2n) is 7.39. The molecule has 9 heteroatoms. The van der Waals surface area contributed by atoms with E-state index < -0.39 is 10.0 Å². The van der Waals surface area contributed by atoms with Gasteiger partial charge >= 0.3 is 0 Å². The van der Waals surface area contributed by atoms with Crippen molar-refractivity contribution in [1.29, 1.82) is 0 Å². The summed E-state index contributed by atoms with van der Waals surface area (Å²) in [6, 6.07) is 7.69. The van der Waals surface area contributed by atoms with E-state index in [0.29, 0.717) is 38.2 Å². The van der Waals surface area contributed by atoms with Gasteiger partial charge in [0.2, 0.25) is 10.0 Å². The van der Waals surface area contributed by atoms with Crippen molar-refractivity contribution in [2.45, 2.75) is 39.3 Å². The van der Waals surface area contributed by atoms with Crippen molar-refractivity contribution in [2.75, 3.05) is 26.5 Å². The summed E-state index contributed by atoms with van der Waals surface area (Å²) in [5, 5.41) is 2.92. The first kappa shape index (κ1) is 21.3. The van der Waals surface area contributed by atoms with Gasteiger partial charge in [0.15, 0.2) is 0 Å². The number of aryl methyl sites for hydroxylation is 1. The standard InChI is InChI=1S/C20H28N4O4S/c1-14-19(20(25)21-13-16-6-5-7-18(12-16)28-3)22-15(2)24(14)17-8-10-23(11-9-17)29(4,26)27/h5-7,12,17H,8-11,13H2,1-4H3,(H,21,25). The predicted octanol–water partition coefficient (Wildman–Crippen LogP) is 2.04. The van der Waals surface area contributed by atoms with E-state index in [9.17, 15) is 13.2 Å². The normalized spacial score (nSPS) is 16.0. The van der Waals surface area contributed by atoms with Crippen molar-refractivity contribution in [2.24, 2.45) is 0 Å². The third kappa shape index (κ3) is 4.79. The molecule has 1 aliphatic heterocycles. The quantitative estimate of drug-likeness (QED) is 0.772. The second-order valence-corrected chi connectivity index (χ2v) is 9.37. The number of hydrogen-bond donors (Lipinski definition) is 1. The minimum atomic E-state index is -3.16. The highest BCUT2D eigenvalue weighted by Crippen LogP contribution is 2.28. The Kier molecular flexibility index (Phi) is 6.28. The van der Waals surface area contributed by atoms with Gasteiger partial charge in [-0.1, -0.05) is 12.1 Å². The summed E-state index contributed by atoms with van der Waals surface area (Å²) in [4.78, 5) is 17.2. The topological polar surface area (TPSA) is 93.5 Å². The fraction of sp³-hybridized carbons (Fsp3) is 0.500. The van der Waals surface area contributed by atoms with E-state index in [1.165, 1.54) is 10.6 Å². The van der Waals surface area contributed by atoms with Crippen molar-refractivity contribution < 1.29 is 17.9 Å². The van der Waals surface area contributed by atoms with Crippen LogP contribution >= 0.6 is 0 Å². The fourth-order valence-electron chi connectivity index (χ4n) is 3.89. The number of amides is 1. The van der Waals surface area contributed by atoms with Crippen LogP contribution in [-0.4, -0.2) is 54.6 Å². The van der Waals surface area contributed by atoms with Crippen molar-refractivity contribution in [3.05, 3.63) is 47.0 Å². The molecule has 0 spiro atoms. The number of carbonyl (C=O) groups excluding carboxylic acids is 1. The maximum absolute atomic E-state index is 12.7. The first-order valence-corrected chi connectivity index (χ1v) is 11.5. The Balaban J connectivity index is 1.69. The number of piperidine rings is 1. The summed E-state index contributed by atoms with van der Waals surface area (Å²) in [5.41, 5.74) is 2.17. The van der Waals surface area contributed by atoms with Gasteiger partial charge in [-0.05, 0) is 44.4 Å². The zero-order valence-corrected chi connectivity index (χ0v) is 18.1. The lowest BCUT2D eigenvalue weighted by Crippen LogP contribution is -2.38. The van der Waals surface area contributed by atoms with Crippen molar-refractivity contribution in [1.82, 2.24) is 19.2 Å². The van der Waals surface area contributed by atoms with Crippen LogP contribution in [0.15, 0.2) is 24.3 Å². The number of imidazole rings is 1. The van der Waals surface area contributed by atoms with Crippen LogP contribution in [-0.2, 0) is 16.6 Å². The zero-order chi connectivity index (χ0) is 21.2. The van der Waals surface area contributed by atoms with Gasteiger partial charge in [0.25, 0.3) is 5.91 Å². The van der Waals surface area contributed by atoms with Crippen LogP contribution in [0.25, 0.3) is 0 Å². The molecule has 1 aliphatic rings. The van der Waals surface area contributed by atoms with E-state index >= 15 is 0 Å². The molecule has 0 saturated carbocycles. The first-order valence-electron chi connectivity index (χ1n) is 9.62. The monoisotopic (exact) mass is 420 g/mol. The van der Waals surface area contributed by atoms with E-state index in [0.717, 1.165) is 22.8 Å². The van der Waals surface area contributed by atoms with Crippen LogP contribution in [0.1, 0.15) is 46.5 Å². The SMILES string of the molecule is COc1cccc(CNC(=O)c2nc(C)n(C3CCN(S(C)(=O)=O)CC3)c2C)c1. The molecule has 2 aromatic rings. The lowest BCUT2D eigenvalue weighted by atomic mass is 10.1. The number of methoxy groups -OCH3 is 1. The van der Waals surface area contributed by atoms with Gasteiger partial charge in [-0.3, -0.25) is 4.79 Å². The smallest absolute Gasteiger partial charge is 0.272 e. The first-order chi connectivity index (χ1) is 13.7. The number of rotatable bonds is 6. The molecule has 0 unspecified atom stereocenters. The molecule has 158 valence electrons. The maximum atomic E-state index is 12.7. The number of nitrogens with one attached hydrogen (secondary N) is 1. The molecule has 0 aliphatic carbocycles. The fourth-order valence-corrected chi connectivity index (χ4v) is 4.76. The highest BCUT2D eigenvalue weighted by atomic mass is 32.2. The predicted molar refractivity (Wildman–Crippen MR) is 111 cm³/mol. The third-order valence-electron chi connectivity index (χ3n) is 5.39. The number of ether oxygens (including phenoxy) is 1. The molecular weight excluding hydrogens is 392 g/mol. The van der Waals surface area contributed by atoms with Crippen LogP contribution < -0.4 is 10.1 Å². The lowest BCUT2D eigenvalue weighted by Gasteiger charge is -2.32. The Bertz CT molecular complexity index is 992. The molecule has 1 aromatic carbocycles. The summed E-state index contributed by atoms with van der Waals surface area (Å²) in [6.07, 6.45) is 2.65.